The fourth-order valence-electron chi connectivity index (χ4n) is 2.36. The Hall–Kier alpha value is -2.73. The molecule has 0 saturated carbocycles. The van der Waals surface area contributed by atoms with Crippen molar-refractivity contribution < 1.29 is 19.4 Å². The lowest BCUT2D eigenvalue weighted by molar-refractivity contribution is 0.108. The van der Waals surface area contributed by atoms with E-state index in [1.807, 2.05) is 24.3 Å². The van der Waals surface area contributed by atoms with Crippen molar-refractivity contribution in [2.45, 2.75) is 32.3 Å². The van der Waals surface area contributed by atoms with Crippen molar-refractivity contribution in [3.05, 3.63) is 54.1 Å². The van der Waals surface area contributed by atoms with Crippen LogP contribution in [0.15, 0.2) is 48.5 Å². The summed E-state index contributed by atoms with van der Waals surface area (Å²) in [6.45, 7) is 6.57. The molecule has 0 saturated heterocycles. The Balaban J connectivity index is 1.72. The quantitative estimate of drug-likeness (QED) is 0.694. The maximum atomic E-state index is 12.0. The molecule has 1 atom stereocenters. The molecule has 146 valence electrons. The fourth-order valence-corrected chi connectivity index (χ4v) is 2.36. The molecule has 6 heteroatoms. The van der Waals surface area contributed by atoms with E-state index in [0.717, 1.165) is 5.75 Å². The van der Waals surface area contributed by atoms with Crippen LogP contribution in [0.2, 0.25) is 0 Å². The third kappa shape index (κ3) is 6.83. The Morgan fingerprint density at radius 2 is 1.63 bits per heavy atom. The lowest BCUT2D eigenvalue weighted by Gasteiger charge is -2.19. The van der Waals surface area contributed by atoms with Gasteiger partial charge in [0, 0.05) is 12.2 Å². The average Bonchev–Trinajstić information content (AvgIpc) is 2.65. The molecule has 2 aromatic rings. The van der Waals surface area contributed by atoms with Crippen LogP contribution in [0.5, 0.6) is 11.5 Å². The van der Waals surface area contributed by atoms with E-state index < -0.39 is 6.10 Å². The van der Waals surface area contributed by atoms with Gasteiger partial charge in [-0.05, 0) is 47.4 Å². The maximum absolute atomic E-state index is 12.0. The molecule has 0 fully saturated rings. The summed E-state index contributed by atoms with van der Waals surface area (Å²) < 4.78 is 10.6. The third-order valence-corrected chi connectivity index (χ3v) is 4.01. The molecular formula is C21H28N2O4. The smallest absolute Gasteiger partial charge is 0.319 e. The zero-order valence-electron chi connectivity index (χ0n) is 16.3. The minimum absolute atomic E-state index is 0.0643. The Kier molecular flexibility index (Phi) is 7.07. The monoisotopic (exact) mass is 372 g/mol. The highest BCUT2D eigenvalue weighted by molar-refractivity contribution is 5.89. The van der Waals surface area contributed by atoms with E-state index in [2.05, 4.69) is 31.4 Å². The van der Waals surface area contributed by atoms with Crippen LogP contribution in [0.1, 0.15) is 26.3 Å². The van der Waals surface area contributed by atoms with E-state index in [9.17, 15) is 9.90 Å². The van der Waals surface area contributed by atoms with Crippen LogP contribution in [-0.2, 0) is 5.41 Å². The van der Waals surface area contributed by atoms with Crippen LogP contribution in [0.3, 0.4) is 0 Å². The first kappa shape index (κ1) is 20.6. The maximum Gasteiger partial charge on any atom is 0.319 e. The Morgan fingerprint density at radius 1 is 1.04 bits per heavy atom. The van der Waals surface area contributed by atoms with Gasteiger partial charge in [-0.15, -0.1) is 0 Å². The molecule has 1 unspecified atom stereocenters. The van der Waals surface area contributed by atoms with Crippen LogP contribution in [0.25, 0.3) is 0 Å². The number of benzene rings is 2. The first-order chi connectivity index (χ1) is 12.8. The van der Waals surface area contributed by atoms with Crippen LogP contribution >= 0.6 is 0 Å². The molecule has 0 spiro atoms. The highest BCUT2D eigenvalue weighted by atomic mass is 16.5. The Labute approximate surface area is 160 Å². The molecule has 0 bridgehead atoms. The summed E-state index contributed by atoms with van der Waals surface area (Å²) in [5.74, 6) is 1.36. The number of aliphatic hydroxyl groups is 1. The second-order valence-electron chi connectivity index (χ2n) is 7.30. The minimum atomic E-state index is -0.818. The predicted molar refractivity (Wildman–Crippen MR) is 107 cm³/mol. The predicted octanol–water partition coefficient (Wildman–Crippen LogP) is 3.55. The van der Waals surface area contributed by atoms with Gasteiger partial charge in [0.2, 0.25) is 0 Å². The molecule has 3 N–H and O–H groups in total. The zero-order valence-corrected chi connectivity index (χ0v) is 16.3. The van der Waals surface area contributed by atoms with E-state index in [0.29, 0.717) is 11.4 Å². The van der Waals surface area contributed by atoms with Gasteiger partial charge < -0.3 is 25.2 Å². The summed E-state index contributed by atoms with van der Waals surface area (Å²) >= 11 is 0. The van der Waals surface area contributed by atoms with Crippen molar-refractivity contribution in [3.63, 3.8) is 0 Å². The van der Waals surface area contributed by atoms with E-state index in [4.69, 9.17) is 9.47 Å². The topological polar surface area (TPSA) is 79.8 Å². The molecule has 0 aliphatic heterocycles. The van der Waals surface area contributed by atoms with E-state index >= 15 is 0 Å². The first-order valence-corrected chi connectivity index (χ1v) is 8.88. The molecular weight excluding hydrogens is 344 g/mol. The second kappa shape index (κ2) is 9.28. The van der Waals surface area contributed by atoms with Crippen molar-refractivity contribution in [2.75, 3.05) is 25.6 Å². The Bertz CT molecular complexity index is 721. The lowest BCUT2D eigenvalue weighted by atomic mass is 9.87. The van der Waals surface area contributed by atoms with Gasteiger partial charge in [0.15, 0.2) is 0 Å². The minimum Gasteiger partial charge on any atom is -0.497 e. The molecule has 2 rings (SSSR count). The number of nitrogens with one attached hydrogen (secondary N) is 2. The van der Waals surface area contributed by atoms with Crippen LogP contribution in [0, 0.1) is 0 Å². The Morgan fingerprint density at radius 3 is 2.19 bits per heavy atom. The van der Waals surface area contributed by atoms with Crippen molar-refractivity contribution in [2.24, 2.45) is 0 Å². The molecule has 0 radical (unpaired) electrons. The van der Waals surface area contributed by atoms with Gasteiger partial charge in [0.05, 0.1) is 7.11 Å². The number of carbonyl (C=O) groups is 1. The van der Waals surface area contributed by atoms with Crippen LogP contribution in [0.4, 0.5) is 10.5 Å². The largest absolute Gasteiger partial charge is 0.497 e. The molecule has 2 amide bonds. The van der Waals surface area contributed by atoms with Crippen LogP contribution in [-0.4, -0.2) is 37.5 Å². The molecule has 0 aromatic heterocycles. The lowest BCUT2D eigenvalue weighted by Crippen LogP contribution is -2.37. The number of hydrogen-bond acceptors (Lipinski definition) is 4. The van der Waals surface area contributed by atoms with Gasteiger partial charge >= 0.3 is 6.03 Å². The number of anilines is 1. The number of amides is 2. The summed E-state index contributed by atoms with van der Waals surface area (Å²) in [5.41, 5.74) is 1.96. The van der Waals surface area contributed by atoms with Crippen molar-refractivity contribution in [1.29, 1.82) is 0 Å². The first-order valence-electron chi connectivity index (χ1n) is 8.88. The molecule has 6 nitrogen and oxygen atoms in total. The van der Waals surface area contributed by atoms with Gasteiger partial charge in [-0.1, -0.05) is 32.9 Å². The number of methoxy groups -OCH3 is 1. The third-order valence-electron chi connectivity index (χ3n) is 4.01. The molecule has 27 heavy (non-hydrogen) atoms. The summed E-state index contributed by atoms with van der Waals surface area (Å²) in [7, 11) is 1.59. The highest BCUT2D eigenvalue weighted by Gasteiger charge is 2.13. The van der Waals surface area contributed by atoms with Crippen molar-refractivity contribution >= 4 is 11.7 Å². The van der Waals surface area contributed by atoms with Gasteiger partial charge in [-0.25, -0.2) is 4.79 Å². The van der Waals surface area contributed by atoms with Gasteiger partial charge in [0.1, 0.15) is 24.2 Å². The molecule has 0 aliphatic rings. The van der Waals surface area contributed by atoms with Crippen molar-refractivity contribution in [1.82, 2.24) is 5.32 Å². The average molecular weight is 372 g/mol. The fraction of sp³-hybridized carbons (Fsp3) is 0.381. The number of hydrogen-bond donors (Lipinski definition) is 3. The van der Waals surface area contributed by atoms with E-state index in [-0.39, 0.29) is 24.6 Å². The standard InChI is InChI=1S/C21H28N2O4/c1-21(2,3)15-5-7-16(8-6-15)23-20(25)22-13-17(24)14-27-19-11-9-18(26-4)10-12-19/h5-12,17,24H,13-14H2,1-4H3,(H2,22,23,25). The van der Waals surface area contributed by atoms with Gasteiger partial charge in [0.25, 0.3) is 0 Å². The number of ether oxygens (including phenoxy) is 2. The molecule has 2 aromatic carbocycles. The van der Waals surface area contributed by atoms with E-state index in [1.54, 1.807) is 31.4 Å². The number of rotatable bonds is 7. The summed E-state index contributed by atoms with van der Waals surface area (Å²) in [6.07, 6.45) is -0.818. The summed E-state index contributed by atoms with van der Waals surface area (Å²) in [6, 6.07) is 14.4. The summed E-state index contributed by atoms with van der Waals surface area (Å²) in [5, 5.41) is 15.3. The summed E-state index contributed by atoms with van der Waals surface area (Å²) in [4.78, 5) is 12.0. The van der Waals surface area contributed by atoms with Gasteiger partial charge in [-0.2, -0.15) is 0 Å². The number of urea groups is 1. The normalized spacial score (nSPS) is 12.2. The van der Waals surface area contributed by atoms with Gasteiger partial charge in [-0.3, -0.25) is 0 Å². The number of aliphatic hydroxyl groups excluding tert-OH is 1. The zero-order chi connectivity index (χ0) is 19.9. The molecule has 0 aliphatic carbocycles. The SMILES string of the molecule is COc1ccc(OCC(O)CNC(=O)Nc2ccc(C(C)(C)C)cc2)cc1. The van der Waals surface area contributed by atoms with E-state index in [1.165, 1.54) is 5.56 Å². The highest BCUT2D eigenvalue weighted by Crippen LogP contribution is 2.23. The van der Waals surface area contributed by atoms with Crippen molar-refractivity contribution in [3.8, 4) is 11.5 Å². The second-order valence-corrected chi connectivity index (χ2v) is 7.30. The van der Waals surface area contributed by atoms with Crippen LogP contribution < -0.4 is 20.1 Å². The molecule has 0 heterocycles. The number of carbonyl (C=O) groups excluding carboxylic acids is 1.